The van der Waals surface area contributed by atoms with Crippen molar-refractivity contribution in [1.82, 2.24) is 10.0 Å². The first kappa shape index (κ1) is 18.1. The van der Waals surface area contributed by atoms with E-state index in [1.165, 1.54) is 50.9 Å². The van der Waals surface area contributed by atoms with Gasteiger partial charge in [0, 0.05) is 12.1 Å². The molecule has 0 spiro atoms. The average molecular weight is 362 g/mol. The van der Waals surface area contributed by atoms with Gasteiger partial charge in [-0.15, -0.1) is 0 Å². The highest BCUT2D eigenvalue weighted by atomic mass is 32.2. The molecule has 2 aliphatic carbocycles. The molecule has 2 fully saturated rings. The van der Waals surface area contributed by atoms with Crippen LogP contribution < -0.4 is 10.0 Å². The monoisotopic (exact) mass is 362 g/mol. The fourth-order valence-electron chi connectivity index (χ4n) is 4.33. The summed E-state index contributed by atoms with van der Waals surface area (Å²) < 4.78 is 25.7. The molecule has 0 aliphatic heterocycles. The second-order valence-electron chi connectivity index (χ2n) is 7.25. The van der Waals surface area contributed by atoms with Gasteiger partial charge in [-0.25, -0.2) is 13.1 Å². The summed E-state index contributed by atoms with van der Waals surface area (Å²) in [6.07, 6.45) is 8.48. The predicted molar refractivity (Wildman–Crippen MR) is 98.3 cm³/mol. The minimum Gasteiger partial charge on any atom is -0.350 e. The third-order valence-electron chi connectivity index (χ3n) is 5.69. The largest absolute Gasteiger partial charge is 0.350 e. The lowest BCUT2D eigenvalue weighted by Crippen LogP contribution is -2.39. The van der Waals surface area contributed by atoms with E-state index >= 15 is 0 Å². The van der Waals surface area contributed by atoms with Gasteiger partial charge in [-0.05, 0) is 74.8 Å². The first-order chi connectivity index (χ1) is 11.9. The van der Waals surface area contributed by atoms with E-state index in [2.05, 4.69) is 17.0 Å². The second-order valence-corrected chi connectivity index (χ2v) is 9.13. The van der Waals surface area contributed by atoms with Crippen molar-refractivity contribution in [2.75, 3.05) is 7.05 Å². The first-order valence-electron chi connectivity index (χ1n) is 8.91. The molecule has 4 atom stereocenters. The van der Waals surface area contributed by atoms with Crippen LogP contribution in [0.1, 0.15) is 38.2 Å². The molecule has 2 saturated carbocycles. The lowest BCUT2D eigenvalue weighted by atomic mass is 9.84. The van der Waals surface area contributed by atoms with Crippen molar-refractivity contribution in [1.29, 1.82) is 0 Å². The molecule has 3 rings (SSSR count). The number of nitrogens with one attached hydrogen (secondary N) is 2. The number of sulfonamides is 1. The summed E-state index contributed by atoms with van der Waals surface area (Å²) in [4.78, 5) is 12.4. The van der Waals surface area contributed by atoms with Crippen molar-refractivity contribution in [3.8, 4) is 0 Å². The van der Waals surface area contributed by atoms with Crippen LogP contribution in [0.4, 0.5) is 0 Å². The maximum absolute atomic E-state index is 12.2. The molecule has 1 aromatic carbocycles. The Morgan fingerprint density at radius 1 is 1.20 bits per heavy atom. The first-order valence-corrected chi connectivity index (χ1v) is 10.4. The molecule has 25 heavy (non-hydrogen) atoms. The summed E-state index contributed by atoms with van der Waals surface area (Å²) in [5.74, 6) is 2.17. The molecule has 2 N–H and O–H groups in total. The number of hydrogen-bond acceptors (Lipinski definition) is 3. The van der Waals surface area contributed by atoms with Crippen molar-refractivity contribution in [2.45, 2.75) is 43.5 Å². The summed E-state index contributed by atoms with van der Waals surface area (Å²) >= 11 is 0. The van der Waals surface area contributed by atoms with Gasteiger partial charge in [0.05, 0.1) is 4.90 Å². The maximum Gasteiger partial charge on any atom is 0.244 e. The standard InChI is InChI=1S/C19H26N2O3S/c1-13(18-12-15-3-7-16(18)11-15)21-19(22)10-6-14-4-8-17(9-5-14)25(23,24)20-2/h4-6,8-10,13,15-16,18,20H,3,7,11-12H2,1-2H3,(H,21,22)/b10-6+/t13-,15-,16-,18+/m0/s1. The van der Waals surface area contributed by atoms with Gasteiger partial charge in [-0.2, -0.15) is 0 Å². The van der Waals surface area contributed by atoms with Crippen molar-refractivity contribution in [2.24, 2.45) is 17.8 Å². The van der Waals surface area contributed by atoms with Gasteiger partial charge in [0.2, 0.25) is 15.9 Å². The Morgan fingerprint density at radius 2 is 1.92 bits per heavy atom. The van der Waals surface area contributed by atoms with Gasteiger partial charge in [0.15, 0.2) is 0 Å². The Kier molecular flexibility index (Phi) is 5.29. The molecule has 2 aliphatic rings. The molecule has 2 bridgehead atoms. The summed E-state index contributed by atoms with van der Waals surface area (Å²) in [7, 11) is -2.05. The molecule has 0 saturated heterocycles. The Morgan fingerprint density at radius 3 is 2.48 bits per heavy atom. The smallest absolute Gasteiger partial charge is 0.244 e. The average Bonchev–Trinajstić information content (AvgIpc) is 3.23. The number of benzene rings is 1. The minimum atomic E-state index is -3.43. The van der Waals surface area contributed by atoms with Crippen LogP contribution in [0.15, 0.2) is 35.2 Å². The van der Waals surface area contributed by atoms with Crippen molar-refractivity contribution in [3.05, 3.63) is 35.9 Å². The highest BCUT2D eigenvalue weighted by molar-refractivity contribution is 7.89. The van der Waals surface area contributed by atoms with Gasteiger partial charge < -0.3 is 5.32 Å². The van der Waals surface area contributed by atoms with Gasteiger partial charge in [0.25, 0.3) is 0 Å². The third kappa shape index (κ3) is 4.12. The normalized spacial score (nSPS) is 26.9. The van der Waals surface area contributed by atoms with E-state index < -0.39 is 10.0 Å². The number of carbonyl (C=O) groups excluding carboxylic acids is 1. The summed E-state index contributed by atoms with van der Waals surface area (Å²) in [6, 6.07) is 6.64. The summed E-state index contributed by atoms with van der Waals surface area (Å²) in [5, 5.41) is 3.09. The van der Waals surface area contributed by atoms with Crippen LogP contribution in [0.5, 0.6) is 0 Å². The molecule has 0 aromatic heterocycles. The third-order valence-corrected chi connectivity index (χ3v) is 7.12. The van der Waals surface area contributed by atoms with Gasteiger partial charge in [-0.1, -0.05) is 18.6 Å². The number of rotatable bonds is 6. The van der Waals surface area contributed by atoms with Crippen molar-refractivity contribution < 1.29 is 13.2 Å². The van der Waals surface area contributed by atoms with Gasteiger partial charge >= 0.3 is 0 Å². The minimum absolute atomic E-state index is 0.0952. The van der Waals surface area contributed by atoms with E-state index in [-0.39, 0.29) is 16.8 Å². The van der Waals surface area contributed by atoms with Crippen LogP contribution in [0.3, 0.4) is 0 Å². The van der Waals surface area contributed by atoms with Crippen LogP contribution >= 0.6 is 0 Å². The summed E-state index contributed by atoms with van der Waals surface area (Å²) in [5.41, 5.74) is 0.790. The molecule has 1 aromatic rings. The predicted octanol–water partition coefficient (Wildman–Crippen LogP) is 2.55. The Hall–Kier alpha value is -1.66. The SMILES string of the molecule is CNS(=O)(=O)c1ccc(/C=C/C(=O)N[C@@H](C)[C@H]2C[C@H]3CC[C@H]2C3)cc1. The molecule has 136 valence electrons. The molecule has 1 amide bonds. The molecule has 0 unspecified atom stereocenters. The number of amides is 1. The zero-order valence-corrected chi connectivity index (χ0v) is 15.6. The van der Waals surface area contributed by atoms with E-state index in [9.17, 15) is 13.2 Å². The van der Waals surface area contributed by atoms with E-state index in [1.807, 2.05) is 0 Å². The zero-order valence-electron chi connectivity index (χ0n) is 14.7. The van der Waals surface area contributed by atoms with Crippen LogP contribution in [0.2, 0.25) is 0 Å². The number of hydrogen-bond donors (Lipinski definition) is 2. The maximum atomic E-state index is 12.2. The highest BCUT2D eigenvalue weighted by Crippen LogP contribution is 2.49. The topological polar surface area (TPSA) is 75.3 Å². The van der Waals surface area contributed by atoms with Gasteiger partial charge in [-0.3, -0.25) is 4.79 Å². The molecular formula is C19H26N2O3S. The van der Waals surface area contributed by atoms with Crippen LogP contribution in [0, 0.1) is 17.8 Å². The number of fused-ring (bicyclic) bond motifs is 2. The quantitative estimate of drug-likeness (QED) is 0.764. The highest BCUT2D eigenvalue weighted by Gasteiger charge is 2.41. The van der Waals surface area contributed by atoms with Gasteiger partial charge in [0.1, 0.15) is 0 Å². The Labute approximate surface area is 149 Å². The summed E-state index contributed by atoms with van der Waals surface area (Å²) in [6.45, 7) is 2.11. The van der Waals surface area contributed by atoms with Crippen LogP contribution in [-0.2, 0) is 14.8 Å². The van der Waals surface area contributed by atoms with E-state index in [1.54, 1.807) is 18.2 Å². The molecule has 0 heterocycles. The molecular weight excluding hydrogens is 336 g/mol. The second kappa shape index (κ2) is 7.30. The fraction of sp³-hybridized carbons (Fsp3) is 0.526. The molecule has 6 heteroatoms. The fourth-order valence-corrected chi connectivity index (χ4v) is 5.06. The molecule has 5 nitrogen and oxygen atoms in total. The number of carbonyl (C=O) groups is 1. The van der Waals surface area contributed by atoms with E-state index in [0.29, 0.717) is 5.92 Å². The van der Waals surface area contributed by atoms with Crippen molar-refractivity contribution >= 4 is 22.0 Å². The van der Waals surface area contributed by atoms with Crippen molar-refractivity contribution in [3.63, 3.8) is 0 Å². The zero-order chi connectivity index (χ0) is 18.0. The lowest BCUT2D eigenvalue weighted by Gasteiger charge is -2.28. The Bertz CT molecular complexity index is 755. The van der Waals surface area contributed by atoms with Crippen LogP contribution in [0.25, 0.3) is 6.08 Å². The Balaban J connectivity index is 1.55. The molecule has 0 radical (unpaired) electrons. The van der Waals surface area contributed by atoms with Crippen LogP contribution in [-0.4, -0.2) is 27.4 Å². The van der Waals surface area contributed by atoms with E-state index in [4.69, 9.17) is 0 Å². The lowest BCUT2D eigenvalue weighted by molar-refractivity contribution is -0.117. The van der Waals surface area contributed by atoms with E-state index in [0.717, 1.165) is 17.4 Å².